The van der Waals surface area contributed by atoms with E-state index >= 15 is 0 Å². The smallest absolute Gasteiger partial charge is 0.260 e. The van der Waals surface area contributed by atoms with Crippen molar-refractivity contribution in [1.29, 1.82) is 0 Å². The second-order valence-electron chi connectivity index (χ2n) is 13.2. The third-order valence-electron chi connectivity index (χ3n) is 9.26. The molecule has 0 unspecified atom stereocenters. The number of carbonyl (C=O) groups excluding carboxylic acids is 2. The van der Waals surface area contributed by atoms with Crippen molar-refractivity contribution in [3.05, 3.63) is 45.1 Å². The van der Waals surface area contributed by atoms with Gasteiger partial charge in [0.1, 0.15) is 21.3 Å². The molecule has 0 radical (unpaired) electrons. The van der Waals surface area contributed by atoms with Crippen LogP contribution < -0.4 is 42.9 Å². The molecule has 0 saturated heterocycles. The molecule has 0 bridgehead atoms. The molecule has 272 valence electrons. The average molecular weight is 745 g/mol. The number of sulfonamides is 1. The van der Waals surface area contributed by atoms with Crippen LogP contribution in [0, 0.1) is 11.8 Å². The number of hydrogen-bond donors (Lipinski definition) is 6. The van der Waals surface area contributed by atoms with Crippen molar-refractivity contribution < 1.29 is 27.5 Å². The SMILES string of the molecule is CS(=O)(=O)NCCc1cc(OCC2CCCC2)c2c(N)c(C(N)=O)sc2c1.NCCc1cc(OCC2CCCC2)c2c(N)c(C(N)=O)sc2c1. The largest absolute Gasteiger partial charge is 0.493 e. The fraction of sp³-hybridized carbons (Fsp3) is 0.486. The van der Waals surface area contributed by atoms with Gasteiger partial charge in [0.15, 0.2) is 0 Å². The number of nitrogen functional groups attached to an aromatic ring is 2. The van der Waals surface area contributed by atoms with Gasteiger partial charge in [-0.05, 0) is 92.3 Å². The van der Waals surface area contributed by atoms with E-state index < -0.39 is 21.8 Å². The summed E-state index contributed by atoms with van der Waals surface area (Å²) in [6.45, 7) is 2.16. The van der Waals surface area contributed by atoms with Crippen molar-refractivity contribution in [2.24, 2.45) is 29.0 Å². The van der Waals surface area contributed by atoms with Crippen LogP contribution >= 0.6 is 22.7 Å². The number of hydrogen-bond acceptors (Lipinski definition) is 11. The van der Waals surface area contributed by atoms with E-state index in [1.165, 1.54) is 61.2 Å². The average Bonchev–Trinajstić information content (AvgIpc) is 3.87. The standard InChI is InChI=1S/C18H25N3O4S2.C17H23N3O2S/c1-27(23,24)21-7-6-12-8-13(25-10-11-4-2-3-5-11)15-14(9-12)26-17(16(15)19)18(20)22;18-6-5-11-7-12(22-9-10-3-1-2-4-10)14-13(8-11)23-16(15(14)19)17(20)21/h8-9,11,21H,2-7,10,19H2,1H3,(H2,20,22);7-8,10H,1-6,9,18-19H2,(H2,20,21). The lowest BCUT2D eigenvalue weighted by atomic mass is 10.1. The number of nitrogens with one attached hydrogen (secondary N) is 1. The summed E-state index contributed by atoms with van der Waals surface area (Å²) in [4.78, 5) is 24.0. The predicted molar refractivity (Wildman–Crippen MR) is 204 cm³/mol. The van der Waals surface area contributed by atoms with E-state index in [-0.39, 0.29) is 6.54 Å². The first kappa shape index (κ1) is 37.6. The van der Waals surface area contributed by atoms with Crippen LogP contribution in [-0.2, 0) is 22.9 Å². The number of thiophene rings is 2. The highest BCUT2D eigenvalue weighted by Crippen LogP contribution is 2.42. The first-order chi connectivity index (χ1) is 23.8. The van der Waals surface area contributed by atoms with Gasteiger partial charge in [-0.2, -0.15) is 0 Å². The van der Waals surface area contributed by atoms with Crippen LogP contribution in [0.5, 0.6) is 11.5 Å². The number of amides is 2. The Labute approximate surface area is 301 Å². The number of fused-ring (bicyclic) bond motifs is 2. The van der Waals surface area contributed by atoms with Crippen LogP contribution in [0.2, 0.25) is 0 Å². The zero-order valence-electron chi connectivity index (χ0n) is 28.4. The summed E-state index contributed by atoms with van der Waals surface area (Å²) in [6.07, 6.45) is 12.2. The number of primary amides is 2. The molecule has 2 aliphatic rings. The molecule has 12 nitrogen and oxygen atoms in total. The fourth-order valence-corrected chi connectivity index (χ4v) is 9.32. The molecule has 11 N–H and O–H groups in total. The molecule has 2 amide bonds. The van der Waals surface area contributed by atoms with Crippen molar-refractivity contribution in [3.8, 4) is 11.5 Å². The van der Waals surface area contributed by atoms with E-state index in [2.05, 4.69) is 4.72 Å². The number of anilines is 2. The molecule has 2 aromatic heterocycles. The number of carbonyl (C=O) groups is 2. The Kier molecular flexibility index (Phi) is 12.5. The normalized spacial score (nSPS) is 15.4. The van der Waals surface area contributed by atoms with Gasteiger partial charge in [0.05, 0.1) is 41.6 Å². The molecule has 2 fully saturated rings. The second-order valence-corrected chi connectivity index (χ2v) is 17.2. The monoisotopic (exact) mass is 744 g/mol. The third-order valence-corrected chi connectivity index (χ3v) is 12.3. The molecule has 2 aromatic carbocycles. The van der Waals surface area contributed by atoms with Crippen molar-refractivity contribution in [3.63, 3.8) is 0 Å². The van der Waals surface area contributed by atoms with Crippen LogP contribution in [0.3, 0.4) is 0 Å². The van der Waals surface area contributed by atoms with Gasteiger partial charge >= 0.3 is 0 Å². The van der Waals surface area contributed by atoms with Gasteiger partial charge in [-0.25, -0.2) is 13.1 Å². The Hall–Kier alpha value is -3.63. The molecule has 0 aliphatic heterocycles. The summed E-state index contributed by atoms with van der Waals surface area (Å²) < 4.78 is 39.0. The van der Waals surface area contributed by atoms with Gasteiger partial charge in [-0.3, -0.25) is 9.59 Å². The lowest BCUT2D eigenvalue weighted by molar-refractivity contribution is 0.0996. The van der Waals surface area contributed by atoms with Gasteiger partial charge < -0.3 is 38.1 Å². The van der Waals surface area contributed by atoms with E-state index in [0.29, 0.717) is 70.3 Å². The molecule has 2 aliphatic carbocycles. The lowest BCUT2D eigenvalue weighted by Crippen LogP contribution is -2.24. The number of benzene rings is 2. The minimum Gasteiger partial charge on any atom is -0.493 e. The summed E-state index contributed by atoms with van der Waals surface area (Å²) in [5.74, 6) is 1.47. The zero-order valence-corrected chi connectivity index (χ0v) is 30.9. The van der Waals surface area contributed by atoms with E-state index in [9.17, 15) is 18.0 Å². The highest BCUT2D eigenvalue weighted by atomic mass is 32.2. The third kappa shape index (κ3) is 9.37. The van der Waals surface area contributed by atoms with E-state index in [1.807, 2.05) is 24.3 Å². The van der Waals surface area contributed by atoms with Gasteiger partial charge in [0.2, 0.25) is 10.0 Å². The van der Waals surface area contributed by atoms with Crippen LogP contribution in [0.4, 0.5) is 11.4 Å². The quantitative estimate of drug-likeness (QED) is 0.103. The Morgan fingerprint density at radius 2 is 1.18 bits per heavy atom. The first-order valence-electron chi connectivity index (χ1n) is 17.0. The van der Waals surface area contributed by atoms with Crippen LogP contribution in [0.15, 0.2) is 24.3 Å². The molecule has 2 heterocycles. The summed E-state index contributed by atoms with van der Waals surface area (Å²) >= 11 is 2.56. The van der Waals surface area contributed by atoms with Crippen molar-refractivity contribution in [1.82, 2.24) is 4.72 Å². The molecule has 0 atom stereocenters. The van der Waals surface area contributed by atoms with Crippen LogP contribution in [0.1, 0.15) is 81.8 Å². The van der Waals surface area contributed by atoms with E-state index in [4.69, 9.17) is 38.1 Å². The topological polar surface area (TPSA) is 229 Å². The van der Waals surface area contributed by atoms with Crippen molar-refractivity contribution >= 4 is 76.1 Å². The lowest BCUT2D eigenvalue weighted by Gasteiger charge is -2.14. The molecular formula is C35H48N6O6S3. The summed E-state index contributed by atoms with van der Waals surface area (Å²) in [7, 11) is -3.24. The highest BCUT2D eigenvalue weighted by molar-refractivity contribution is 7.88. The first-order valence-corrected chi connectivity index (χ1v) is 20.6. The van der Waals surface area contributed by atoms with Gasteiger partial charge in [0.25, 0.3) is 11.8 Å². The molecular weight excluding hydrogens is 697 g/mol. The molecule has 4 aromatic rings. The molecule has 2 saturated carbocycles. The summed E-state index contributed by atoms with van der Waals surface area (Å²) in [5.41, 5.74) is 31.7. The van der Waals surface area contributed by atoms with Crippen molar-refractivity contribution in [2.45, 2.75) is 64.2 Å². The Morgan fingerprint density at radius 3 is 1.56 bits per heavy atom. The van der Waals surface area contributed by atoms with Crippen LogP contribution in [0.25, 0.3) is 20.2 Å². The second kappa shape index (κ2) is 16.6. The van der Waals surface area contributed by atoms with Gasteiger partial charge in [-0.1, -0.05) is 25.7 Å². The van der Waals surface area contributed by atoms with Gasteiger partial charge in [0, 0.05) is 15.9 Å². The number of ether oxygens (including phenoxy) is 2. The minimum absolute atomic E-state index is 0.288. The van der Waals surface area contributed by atoms with E-state index in [0.717, 1.165) is 57.2 Å². The number of rotatable bonds is 14. The maximum Gasteiger partial charge on any atom is 0.260 e. The molecule has 6 rings (SSSR count). The maximum atomic E-state index is 11.7. The summed E-state index contributed by atoms with van der Waals surface area (Å²) in [6, 6.07) is 7.82. The molecule has 15 heteroatoms. The molecule has 50 heavy (non-hydrogen) atoms. The van der Waals surface area contributed by atoms with E-state index in [1.54, 1.807) is 0 Å². The number of nitrogens with two attached hydrogens (primary N) is 5. The molecule has 0 spiro atoms. The Balaban J connectivity index is 0.000000197. The Bertz CT molecular complexity index is 1950. The Morgan fingerprint density at radius 1 is 0.760 bits per heavy atom. The maximum absolute atomic E-state index is 11.7. The van der Waals surface area contributed by atoms with Gasteiger partial charge in [-0.15, -0.1) is 22.7 Å². The minimum atomic E-state index is -3.24. The van der Waals surface area contributed by atoms with Crippen molar-refractivity contribution in [2.75, 3.05) is 44.0 Å². The zero-order chi connectivity index (χ0) is 36.0. The van der Waals surface area contributed by atoms with Crippen LogP contribution in [-0.4, -0.2) is 52.8 Å². The fourth-order valence-electron chi connectivity index (χ4n) is 6.74. The summed E-state index contributed by atoms with van der Waals surface area (Å²) in [5, 5.41) is 1.52. The highest BCUT2D eigenvalue weighted by Gasteiger charge is 2.22. The predicted octanol–water partition coefficient (Wildman–Crippen LogP) is 4.90.